The fraction of sp³-hybridized carbons (Fsp3) is 0.783. The SMILES string of the molecule is CC(S)CCCN(C=O)C(=O)N(CCCC(=O)CC(C)S)C(=O)N(C)CCCC(=O)CC(C)S. The van der Waals surface area contributed by atoms with Crippen molar-refractivity contribution in [3.05, 3.63) is 0 Å². The van der Waals surface area contributed by atoms with E-state index in [1.54, 1.807) is 7.05 Å². The Morgan fingerprint density at radius 3 is 1.68 bits per heavy atom. The molecular weight excluding hydrogens is 494 g/mol. The molecule has 0 aromatic heterocycles. The third-order valence-electron chi connectivity index (χ3n) is 5.01. The van der Waals surface area contributed by atoms with Crippen molar-refractivity contribution in [3.8, 4) is 0 Å². The summed E-state index contributed by atoms with van der Waals surface area (Å²) in [7, 11) is 1.55. The summed E-state index contributed by atoms with van der Waals surface area (Å²) in [6, 6.07) is -1.28. The summed E-state index contributed by atoms with van der Waals surface area (Å²) in [5, 5.41) is 0.0417. The molecular formula is C23H41N3O5S3. The number of Topliss-reactive ketones (excluding diaryl/α,β-unsaturated/α-hetero) is 2. The molecule has 0 aliphatic rings. The molecule has 0 aromatic rings. The second kappa shape index (κ2) is 18.1. The zero-order valence-electron chi connectivity index (χ0n) is 20.8. The first-order valence-corrected chi connectivity index (χ1v) is 13.3. The van der Waals surface area contributed by atoms with E-state index in [9.17, 15) is 24.0 Å². The van der Waals surface area contributed by atoms with Crippen molar-refractivity contribution >= 4 is 67.9 Å². The molecule has 8 nitrogen and oxygen atoms in total. The maximum Gasteiger partial charge on any atom is 0.334 e. The quantitative estimate of drug-likeness (QED) is 0.192. The van der Waals surface area contributed by atoms with Gasteiger partial charge in [0.15, 0.2) is 0 Å². The first-order valence-electron chi connectivity index (χ1n) is 11.7. The van der Waals surface area contributed by atoms with E-state index in [0.29, 0.717) is 51.4 Å². The van der Waals surface area contributed by atoms with Gasteiger partial charge in [-0.05, 0) is 30.9 Å². The Kier molecular flexibility index (Phi) is 17.5. The van der Waals surface area contributed by atoms with Crippen LogP contribution in [0.1, 0.15) is 72.1 Å². The Hall–Kier alpha value is -1.20. The van der Waals surface area contributed by atoms with E-state index < -0.39 is 12.1 Å². The van der Waals surface area contributed by atoms with Crippen molar-refractivity contribution in [2.24, 2.45) is 0 Å². The van der Waals surface area contributed by atoms with Crippen LogP contribution >= 0.6 is 37.9 Å². The average Bonchev–Trinajstić information content (AvgIpc) is 2.72. The topological polar surface area (TPSA) is 95.1 Å². The molecule has 196 valence electrons. The summed E-state index contributed by atoms with van der Waals surface area (Å²) >= 11 is 12.7. The minimum Gasteiger partial charge on any atom is -0.327 e. The molecule has 0 N–H and O–H groups in total. The van der Waals surface area contributed by atoms with E-state index >= 15 is 0 Å². The Morgan fingerprint density at radius 1 is 0.735 bits per heavy atom. The largest absolute Gasteiger partial charge is 0.334 e. The molecule has 34 heavy (non-hydrogen) atoms. The van der Waals surface area contributed by atoms with Gasteiger partial charge in [0.2, 0.25) is 6.41 Å². The molecule has 0 aliphatic carbocycles. The molecule has 0 saturated carbocycles. The number of nitrogens with zero attached hydrogens (tertiary/aromatic N) is 3. The van der Waals surface area contributed by atoms with Crippen LogP contribution in [0.2, 0.25) is 0 Å². The standard InChI is InChI=1S/C23H41N3O5S3/c1-17(32)8-5-12-25(16-27)23(31)26(13-7-10-21(29)15-19(3)34)22(30)24(4)11-6-9-20(28)14-18(2)33/h16-19,32-34H,5-15H2,1-4H3. The molecule has 3 atom stereocenters. The number of ketones is 2. The summed E-state index contributed by atoms with van der Waals surface area (Å²) in [6.07, 6.45) is 3.66. The normalized spacial score (nSPS) is 13.5. The van der Waals surface area contributed by atoms with Crippen molar-refractivity contribution in [1.82, 2.24) is 14.7 Å². The van der Waals surface area contributed by atoms with Crippen molar-refractivity contribution < 1.29 is 24.0 Å². The zero-order valence-corrected chi connectivity index (χ0v) is 23.5. The summed E-state index contributed by atoms with van der Waals surface area (Å²) in [5.74, 6) is 0.0707. The molecule has 0 fully saturated rings. The van der Waals surface area contributed by atoms with Crippen LogP contribution < -0.4 is 0 Å². The summed E-state index contributed by atoms with van der Waals surface area (Å²) in [6.45, 7) is 6.06. The number of imide groups is 2. The van der Waals surface area contributed by atoms with Gasteiger partial charge in [-0.3, -0.25) is 19.3 Å². The lowest BCUT2D eigenvalue weighted by Gasteiger charge is -2.29. The van der Waals surface area contributed by atoms with Gasteiger partial charge >= 0.3 is 12.1 Å². The predicted octanol–water partition coefficient (Wildman–Crippen LogP) is 4.13. The average molecular weight is 536 g/mol. The highest BCUT2D eigenvalue weighted by Gasteiger charge is 2.28. The zero-order chi connectivity index (χ0) is 26.3. The van der Waals surface area contributed by atoms with Crippen LogP contribution in [0.3, 0.4) is 0 Å². The van der Waals surface area contributed by atoms with E-state index in [1.165, 1.54) is 4.90 Å². The van der Waals surface area contributed by atoms with Gasteiger partial charge < -0.3 is 4.90 Å². The highest BCUT2D eigenvalue weighted by molar-refractivity contribution is 7.81. The van der Waals surface area contributed by atoms with E-state index in [4.69, 9.17) is 0 Å². The van der Waals surface area contributed by atoms with Crippen molar-refractivity contribution in [2.75, 3.05) is 26.7 Å². The van der Waals surface area contributed by atoms with Gasteiger partial charge in [-0.15, -0.1) is 0 Å². The van der Waals surface area contributed by atoms with Gasteiger partial charge in [0.05, 0.1) is 0 Å². The lowest BCUT2D eigenvalue weighted by atomic mass is 10.1. The van der Waals surface area contributed by atoms with Crippen molar-refractivity contribution in [2.45, 2.75) is 87.9 Å². The molecule has 0 heterocycles. The number of hydrogen-bond donors (Lipinski definition) is 3. The van der Waals surface area contributed by atoms with Crippen LogP contribution in [0, 0.1) is 0 Å². The van der Waals surface area contributed by atoms with Crippen molar-refractivity contribution in [1.29, 1.82) is 0 Å². The minimum absolute atomic E-state index is 0.00245. The van der Waals surface area contributed by atoms with Gasteiger partial charge in [0, 0.05) is 62.9 Å². The fourth-order valence-corrected chi connectivity index (χ4v) is 3.88. The van der Waals surface area contributed by atoms with Gasteiger partial charge in [-0.25, -0.2) is 14.5 Å². The van der Waals surface area contributed by atoms with E-state index in [-0.39, 0.29) is 53.4 Å². The third kappa shape index (κ3) is 14.9. The number of thiol groups is 3. The number of amides is 5. The minimum atomic E-state index is -0.714. The van der Waals surface area contributed by atoms with Gasteiger partial charge in [-0.2, -0.15) is 37.9 Å². The fourth-order valence-electron chi connectivity index (χ4n) is 3.29. The molecule has 3 unspecified atom stereocenters. The maximum absolute atomic E-state index is 13.1. The first-order chi connectivity index (χ1) is 15.9. The first kappa shape index (κ1) is 32.8. The molecule has 11 heteroatoms. The Morgan fingerprint density at radius 2 is 1.24 bits per heavy atom. The second-order valence-electron chi connectivity index (χ2n) is 8.82. The van der Waals surface area contributed by atoms with E-state index in [2.05, 4.69) is 37.9 Å². The van der Waals surface area contributed by atoms with Crippen LogP contribution in [-0.4, -0.2) is 87.2 Å². The molecule has 0 rings (SSSR count). The van der Waals surface area contributed by atoms with Crippen LogP contribution in [0.4, 0.5) is 9.59 Å². The number of hydrogen-bond acceptors (Lipinski definition) is 8. The number of urea groups is 2. The Labute approximate surface area is 220 Å². The van der Waals surface area contributed by atoms with Gasteiger partial charge in [0.25, 0.3) is 0 Å². The van der Waals surface area contributed by atoms with Crippen LogP contribution in [0.5, 0.6) is 0 Å². The highest BCUT2D eigenvalue weighted by Crippen LogP contribution is 2.12. The highest BCUT2D eigenvalue weighted by atomic mass is 32.1. The monoisotopic (exact) mass is 535 g/mol. The van der Waals surface area contributed by atoms with Crippen LogP contribution in [0.25, 0.3) is 0 Å². The maximum atomic E-state index is 13.1. The van der Waals surface area contributed by atoms with Crippen LogP contribution in [-0.2, 0) is 14.4 Å². The summed E-state index contributed by atoms with van der Waals surface area (Å²) in [4.78, 5) is 65.0. The molecule has 0 aromatic carbocycles. The molecule has 0 bridgehead atoms. The molecule has 0 saturated heterocycles. The lowest BCUT2D eigenvalue weighted by Crippen LogP contribution is -2.51. The van der Waals surface area contributed by atoms with Gasteiger partial charge in [-0.1, -0.05) is 20.8 Å². The number of rotatable bonds is 17. The molecule has 0 spiro atoms. The van der Waals surface area contributed by atoms with E-state index in [1.807, 2.05) is 20.8 Å². The van der Waals surface area contributed by atoms with Crippen LogP contribution in [0.15, 0.2) is 0 Å². The molecule has 5 amide bonds. The lowest BCUT2D eigenvalue weighted by molar-refractivity contribution is -0.119. The molecule has 0 radical (unpaired) electrons. The number of carbonyl (C=O) groups is 5. The van der Waals surface area contributed by atoms with Gasteiger partial charge in [0.1, 0.15) is 11.6 Å². The summed E-state index contributed by atoms with van der Waals surface area (Å²) in [5.41, 5.74) is 0. The van der Waals surface area contributed by atoms with E-state index in [0.717, 1.165) is 9.80 Å². The third-order valence-corrected chi connectivity index (χ3v) is 5.64. The van der Waals surface area contributed by atoms with Crippen molar-refractivity contribution in [3.63, 3.8) is 0 Å². The Balaban J connectivity index is 5.18. The molecule has 0 aliphatic heterocycles. The second-order valence-corrected chi connectivity index (χ2v) is 11.5. The smallest absolute Gasteiger partial charge is 0.327 e. The Bertz CT molecular complexity index is 674. The predicted molar refractivity (Wildman–Crippen MR) is 145 cm³/mol. The number of carbonyl (C=O) groups excluding carboxylic acids is 5. The summed E-state index contributed by atoms with van der Waals surface area (Å²) < 4.78 is 0.